The first kappa shape index (κ1) is 19.1. The van der Waals surface area contributed by atoms with E-state index in [2.05, 4.69) is 10.2 Å². The summed E-state index contributed by atoms with van der Waals surface area (Å²) in [4.78, 5) is 25.8. The van der Waals surface area contributed by atoms with Crippen LogP contribution in [0.3, 0.4) is 0 Å². The number of nitrogens with one attached hydrogen (secondary N) is 1. The number of carbonyl (C=O) groups is 2. The number of halogens is 2. The Labute approximate surface area is 157 Å². The quantitative estimate of drug-likeness (QED) is 0.821. The Bertz CT molecular complexity index is 739. The lowest BCUT2D eigenvalue weighted by atomic mass is 9.93. The number of carboxylic acids is 1. The molecule has 1 amide bonds. The number of nitrogens with zero attached hydrogens (tertiary/aromatic N) is 1. The minimum Gasteiger partial charge on any atom is -0.481 e. The largest absolute Gasteiger partial charge is 0.481 e. The van der Waals surface area contributed by atoms with Gasteiger partial charge in [-0.05, 0) is 49.0 Å². The third-order valence-electron chi connectivity index (χ3n) is 5.97. The predicted octanol–water partition coefficient (Wildman–Crippen LogP) is 2.94. The molecule has 1 aliphatic heterocycles. The van der Waals surface area contributed by atoms with Crippen molar-refractivity contribution in [3.63, 3.8) is 0 Å². The zero-order valence-corrected chi connectivity index (χ0v) is 15.9. The lowest BCUT2D eigenvalue weighted by Gasteiger charge is -2.26. The molecule has 1 aliphatic carbocycles. The summed E-state index contributed by atoms with van der Waals surface area (Å²) in [6.45, 7) is 4.90. The van der Waals surface area contributed by atoms with Crippen LogP contribution in [0.1, 0.15) is 31.9 Å². The molecule has 142 valence electrons. The van der Waals surface area contributed by atoms with Crippen LogP contribution in [-0.2, 0) is 9.59 Å². The smallest absolute Gasteiger partial charge is 0.307 e. The van der Waals surface area contributed by atoms with Crippen molar-refractivity contribution in [1.82, 2.24) is 10.2 Å². The van der Waals surface area contributed by atoms with Crippen molar-refractivity contribution in [2.45, 2.75) is 26.3 Å². The van der Waals surface area contributed by atoms with Crippen LogP contribution in [0, 0.1) is 29.0 Å². The van der Waals surface area contributed by atoms with E-state index in [9.17, 15) is 19.1 Å². The van der Waals surface area contributed by atoms with E-state index >= 15 is 0 Å². The molecule has 3 rings (SSSR count). The normalized spacial score (nSPS) is 30.2. The van der Waals surface area contributed by atoms with Gasteiger partial charge in [-0.2, -0.15) is 0 Å². The van der Waals surface area contributed by atoms with E-state index in [0.717, 1.165) is 18.5 Å². The molecule has 1 heterocycles. The monoisotopic (exact) mass is 382 g/mol. The van der Waals surface area contributed by atoms with Crippen molar-refractivity contribution < 1.29 is 19.1 Å². The van der Waals surface area contributed by atoms with Crippen molar-refractivity contribution >= 4 is 23.5 Å². The third kappa shape index (κ3) is 3.32. The summed E-state index contributed by atoms with van der Waals surface area (Å²) < 4.78 is 13.8. The number of carbonyl (C=O) groups excluding carboxylic acids is 1. The van der Waals surface area contributed by atoms with Crippen molar-refractivity contribution in [2.75, 3.05) is 20.1 Å². The maximum absolute atomic E-state index is 13.8. The minimum atomic E-state index is -0.926. The van der Waals surface area contributed by atoms with Gasteiger partial charge in [0.2, 0.25) is 5.91 Å². The van der Waals surface area contributed by atoms with Gasteiger partial charge in [-0.1, -0.05) is 31.5 Å². The lowest BCUT2D eigenvalue weighted by molar-refractivity contribution is -0.140. The number of hydrogen-bond acceptors (Lipinski definition) is 3. The molecule has 0 aromatic heterocycles. The number of rotatable bonds is 5. The molecule has 2 fully saturated rings. The van der Waals surface area contributed by atoms with Crippen LogP contribution in [0.25, 0.3) is 0 Å². The average Bonchev–Trinajstić information content (AvgIpc) is 2.96. The lowest BCUT2D eigenvalue weighted by Crippen LogP contribution is -2.34. The van der Waals surface area contributed by atoms with E-state index in [4.69, 9.17) is 11.6 Å². The summed E-state index contributed by atoms with van der Waals surface area (Å²) in [6.07, 6.45) is 0.877. The van der Waals surface area contributed by atoms with Crippen LogP contribution in [0.2, 0.25) is 5.02 Å². The molecule has 0 spiro atoms. The van der Waals surface area contributed by atoms with Gasteiger partial charge >= 0.3 is 5.97 Å². The van der Waals surface area contributed by atoms with Crippen molar-refractivity contribution in [3.05, 3.63) is 34.6 Å². The summed E-state index contributed by atoms with van der Waals surface area (Å²) in [7, 11) is 1.98. The van der Waals surface area contributed by atoms with Gasteiger partial charge in [-0.25, -0.2) is 4.39 Å². The molecule has 5 nitrogen and oxygen atoms in total. The van der Waals surface area contributed by atoms with Crippen molar-refractivity contribution in [2.24, 2.45) is 23.2 Å². The van der Waals surface area contributed by atoms with Gasteiger partial charge in [0.05, 0.1) is 16.9 Å². The molecular formula is C19H24ClFN2O3. The molecule has 7 heteroatoms. The number of benzene rings is 1. The van der Waals surface area contributed by atoms with Gasteiger partial charge in [0.25, 0.3) is 0 Å². The second-order valence-corrected chi connectivity index (χ2v) is 8.42. The fraction of sp³-hybridized carbons (Fsp3) is 0.579. The zero-order valence-electron chi connectivity index (χ0n) is 15.1. The van der Waals surface area contributed by atoms with Gasteiger partial charge in [-0.3, -0.25) is 14.5 Å². The molecule has 0 bridgehead atoms. The number of likely N-dealkylation sites (tertiary alicyclic amines) is 1. The van der Waals surface area contributed by atoms with Crippen molar-refractivity contribution in [3.8, 4) is 0 Å². The highest BCUT2D eigenvalue weighted by Crippen LogP contribution is 2.58. The highest BCUT2D eigenvalue weighted by Gasteiger charge is 2.65. The highest BCUT2D eigenvalue weighted by molar-refractivity contribution is 6.30. The Morgan fingerprint density at radius 3 is 2.65 bits per heavy atom. The van der Waals surface area contributed by atoms with Gasteiger partial charge < -0.3 is 10.4 Å². The molecule has 0 radical (unpaired) electrons. The molecule has 4 atom stereocenters. The predicted molar refractivity (Wildman–Crippen MR) is 96.3 cm³/mol. The fourth-order valence-electron chi connectivity index (χ4n) is 4.39. The number of hydrogen-bond donors (Lipinski definition) is 2. The average molecular weight is 383 g/mol. The zero-order chi connectivity index (χ0) is 19.2. The maximum atomic E-state index is 13.8. The molecule has 2 aliphatic rings. The van der Waals surface area contributed by atoms with Crippen LogP contribution in [0.5, 0.6) is 0 Å². The Morgan fingerprint density at radius 2 is 2.08 bits per heavy atom. The number of carboxylic acid groups (broad SMARTS) is 1. The molecule has 26 heavy (non-hydrogen) atoms. The van der Waals surface area contributed by atoms with Crippen molar-refractivity contribution in [1.29, 1.82) is 0 Å². The molecule has 2 N–H and O–H groups in total. The topological polar surface area (TPSA) is 69.6 Å². The summed E-state index contributed by atoms with van der Waals surface area (Å²) in [5, 5.41) is 12.2. The highest BCUT2D eigenvalue weighted by atomic mass is 35.5. The summed E-state index contributed by atoms with van der Waals surface area (Å²) >= 11 is 5.78. The van der Waals surface area contributed by atoms with Crippen LogP contribution in [0.15, 0.2) is 18.2 Å². The van der Waals surface area contributed by atoms with E-state index in [1.165, 1.54) is 6.07 Å². The second-order valence-electron chi connectivity index (χ2n) is 8.01. The van der Waals surface area contributed by atoms with E-state index in [-0.39, 0.29) is 22.9 Å². The van der Waals surface area contributed by atoms with Gasteiger partial charge in [0.15, 0.2) is 0 Å². The number of amides is 1. The third-order valence-corrected chi connectivity index (χ3v) is 6.28. The first-order valence-corrected chi connectivity index (χ1v) is 9.18. The minimum absolute atomic E-state index is 0.00968. The van der Waals surface area contributed by atoms with Crippen LogP contribution in [-0.4, -0.2) is 42.0 Å². The molecule has 2 unspecified atom stereocenters. The van der Waals surface area contributed by atoms with E-state index in [1.807, 2.05) is 13.1 Å². The van der Waals surface area contributed by atoms with Gasteiger partial charge in [0, 0.05) is 12.6 Å². The van der Waals surface area contributed by atoms with Crippen LogP contribution < -0.4 is 5.32 Å². The number of aliphatic carboxylic acids is 1. The first-order chi connectivity index (χ1) is 12.1. The fourth-order valence-corrected chi connectivity index (χ4v) is 4.51. The Morgan fingerprint density at radius 1 is 1.38 bits per heavy atom. The van der Waals surface area contributed by atoms with Crippen LogP contribution >= 0.6 is 11.6 Å². The molecule has 1 aromatic rings. The standard InChI is InChI=1S/C19H24ClFN2O3/c1-19(2)14(15(19)18(25)26)17(24)22-9-11-6-7-23(3)16(11)10-4-5-12(20)13(21)8-10/h4-5,8,11,14-16H,6-7,9H2,1-3H3,(H,22,24)(H,25,26)/t11?,14-,15+,16?/m0/s1. The SMILES string of the molecule is CN1CCC(CNC(=O)[C@@H]2[C@H](C(=O)O)C2(C)C)C1c1ccc(Cl)c(F)c1. The maximum Gasteiger partial charge on any atom is 0.307 e. The van der Waals surface area contributed by atoms with E-state index in [1.54, 1.807) is 19.9 Å². The Balaban J connectivity index is 1.66. The van der Waals surface area contributed by atoms with Crippen LogP contribution in [0.4, 0.5) is 4.39 Å². The second kappa shape index (κ2) is 6.82. The summed E-state index contributed by atoms with van der Waals surface area (Å²) in [6, 6.07) is 4.81. The first-order valence-electron chi connectivity index (χ1n) is 8.80. The summed E-state index contributed by atoms with van der Waals surface area (Å²) in [5.41, 5.74) is 0.322. The summed E-state index contributed by atoms with van der Waals surface area (Å²) in [5.74, 6) is -2.57. The van der Waals surface area contributed by atoms with E-state index in [0.29, 0.717) is 6.54 Å². The van der Waals surface area contributed by atoms with Gasteiger partial charge in [0.1, 0.15) is 5.82 Å². The van der Waals surface area contributed by atoms with Gasteiger partial charge in [-0.15, -0.1) is 0 Å². The molecule has 1 saturated heterocycles. The molecule has 1 aromatic carbocycles. The Hall–Kier alpha value is -1.66. The molecule has 1 saturated carbocycles. The Kier molecular flexibility index (Phi) is 5.01. The molecular weight excluding hydrogens is 359 g/mol. The van der Waals surface area contributed by atoms with E-state index < -0.39 is 29.0 Å².